The summed E-state index contributed by atoms with van der Waals surface area (Å²) in [5.74, 6) is -0.406. The molecule has 140 valence electrons. The first-order chi connectivity index (χ1) is 12.2. The van der Waals surface area contributed by atoms with Crippen LogP contribution < -0.4 is 5.32 Å². The number of para-hydroxylation sites is 1. The lowest BCUT2D eigenvalue weighted by atomic mass is 10.1. The van der Waals surface area contributed by atoms with E-state index >= 15 is 0 Å². The van der Waals surface area contributed by atoms with Crippen LogP contribution >= 0.6 is 11.8 Å². The Balaban J connectivity index is 1.64. The van der Waals surface area contributed by atoms with E-state index in [9.17, 15) is 14.4 Å². The molecule has 0 spiro atoms. The molecule has 2 saturated heterocycles. The summed E-state index contributed by atoms with van der Waals surface area (Å²) in [6.45, 7) is 7.35. The highest BCUT2D eigenvalue weighted by atomic mass is 32.2. The summed E-state index contributed by atoms with van der Waals surface area (Å²) in [6.07, 6.45) is 0.259. The molecule has 2 fully saturated rings. The van der Waals surface area contributed by atoms with Crippen LogP contribution in [0.5, 0.6) is 0 Å². The minimum Gasteiger partial charge on any atom is -0.451 e. The number of anilines is 1. The minimum atomic E-state index is -0.934. The second-order valence-electron chi connectivity index (χ2n) is 7.10. The van der Waals surface area contributed by atoms with Crippen LogP contribution in [-0.4, -0.2) is 45.5 Å². The number of fused-ring (bicyclic) bond motifs is 1. The number of nitrogens with one attached hydrogen (secondary N) is 1. The first kappa shape index (κ1) is 18.8. The number of esters is 1. The highest BCUT2D eigenvalue weighted by Gasteiger charge is 2.53. The molecule has 1 N–H and O–H groups in total. The molecule has 3 rings (SSSR count). The Bertz CT molecular complexity index is 746. The Morgan fingerprint density at radius 3 is 2.65 bits per heavy atom. The summed E-state index contributed by atoms with van der Waals surface area (Å²) in [7, 11) is 0. The van der Waals surface area contributed by atoms with E-state index in [0.29, 0.717) is 12.2 Å². The lowest BCUT2D eigenvalue weighted by Crippen LogP contribution is -2.48. The number of benzene rings is 1. The Morgan fingerprint density at radius 1 is 1.35 bits per heavy atom. The van der Waals surface area contributed by atoms with Crippen LogP contribution in [0.4, 0.5) is 5.69 Å². The first-order valence-electron chi connectivity index (χ1n) is 8.76. The van der Waals surface area contributed by atoms with E-state index < -0.39 is 18.1 Å². The third-order valence-electron chi connectivity index (χ3n) is 5.11. The molecule has 3 atom stereocenters. The molecule has 0 saturated carbocycles. The normalized spacial score (nSPS) is 25.8. The monoisotopic (exact) mass is 376 g/mol. The van der Waals surface area contributed by atoms with Gasteiger partial charge < -0.3 is 15.0 Å². The standard InChI is InChI=1S/C19H24N2O4S/c1-11-6-5-7-12(2)16(11)20-17(23)13(3)25-18(24)14-10-26-19(4)9-8-15(22)21(14)19/h5-7,13-14H,8-10H2,1-4H3,(H,20,23)/t13-,14+,19+/m1/s1. The van der Waals surface area contributed by atoms with Gasteiger partial charge in [0, 0.05) is 17.9 Å². The molecule has 2 aliphatic rings. The van der Waals surface area contributed by atoms with E-state index in [4.69, 9.17) is 4.74 Å². The van der Waals surface area contributed by atoms with Crippen molar-refractivity contribution in [2.75, 3.05) is 11.1 Å². The first-order valence-corrected chi connectivity index (χ1v) is 9.75. The van der Waals surface area contributed by atoms with Crippen molar-refractivity contribution >= 4 is 35.2 Å². The van der Waals surface area contributed by atoms with Gasteiger partial charge >= 0.3 is 5.97 Å². The van der Waals surface area contributed by atoms with E-state index in [2.05, 4.69) is 5.32 Å². The van der Waals surface area contributed by atoms with Crippen molar-refractivity contribution in [3.63, 3.8) is 0 Å². The van der Waals surface area contributed by atoms with Gasteiger partial charge in [-0.3, -0.25) is 9.59 Å². The van der Waals surface area contributed by atoms with Gasteiger partial charge in [-0.1, -0.05) is 18.2 Å². The van der Waals surface area contributed by atoms with Crippen molar-refractivity contribution in [3.8, 4) is 0 Å². The van der Waals surface area contributed by atoms with Gasteiger partial charge in [-0.25, -0.2) is 4.79 Å². The predicted octanol–water partition coefficient (Wildman–Crippen LogP) is 2.63. The zero-order chi connectivity index (χ0) is 19.1. The molecule has 26 heavy (non-hydrogen) atoms. The third kappa shape index (κ3) is 3.32. The molecule has 0 unspecified atom stereocenters. The van der Waals surface area contributed by atoms with Crippen LogP contribution in [0.1, 0.15) is 37.8 Å². The summed E-state index contributed by atoms with van der Waals surface area (Å²) in [5.41, 5.74) is 2.63. The van der Waals surface area contributed by atoms with Gasteiger partial charge in [0.2, 0.25) is 5.91 Å². The fourth-order valence-electron chi connectivity index (χ4n) is 3.54. The maximum absolute atomic E-state index is 12.6. The molecule has 2 aliphatic heterocycles. The average molecular weight is 376 g/mol. The van der Waals surface area contributed by atoms with Crippen molar-refractivity contribution in [1.82, 2.24) is 4.90 Å². The summed E-state index contributed by atoms with van der Waals surface area (Å²) in [5, 5.41) is 2.83. The maximum Gasteiger partial charge on any atom is 0.330 e. The zero-order valence-electron chi connectivity index (χ0n) is 15.5. The van der Waals surface area contributed by atoms with Gasteiger partial charge in [-0.2, -0.15) is 0 Å². The summed E-state index contributed by atoms with van der Waals surface area (Å²) < 4.78 is 5.39. The van der Waals surface area contributed by atoms with Crippen LogP contribution in [0, 0.1) is 13.8 Å². The molecule has 2 heterocycles. The lowest BCUT2D eigenvalue weighted by Gasteiger charge is -2.29. The van der Waals surface area contributed by atoms with E-state index in [0.717, 1.165) is 23.2 Å². The fraction of sp³-hybridized carbons (Fsp3) is 0.526. The number of hydrogen-bond donors (Lipinski definition) is 1. The lowest BCUT2D eigenvalue weighted by molar-refractivity contribution is -0.160. The Kier molecular flexibility index (Phi) is 5.01. The topological polar surface area (TPSA) is 75.7 Å². The number of ether oxygens (including phenoxy) is 1. The number of rotatable bonds is 4. The number of hydrogen-bond acceptors (Lipinski definition) is 5. The number of amides is 2. The van der Waals surface area contributed by atoms with Gasteiger partial charge in [0.05, 0.1) is 4.87 Å². The second kappa shape index (κ2) is 6.95. The molecule has 0 bridgehead atoms. The van der Waals surface area contributed by atoms with Gasteiger partial charge in [0.1, 0.15) is 6.04 Å². The molecule has 2 amide bonds. The molecule has 0 aromatic heterocycles. The molecule has 7 heteroatoms. The van der Waals surface area contributed by atoms with E-state index in [1.807, 2.05) is 39.0 Å². The molecule has 0 radical (unpaired) electrons. The Hall–Kier alpha value is -2.02. The van der Waals surface area contributed by atoms with E-state index in [1.165, 1.54) is 0 Å². The molecular weight excluding hydrogens is 352 g/mol. The Morgan fingerprint density at radius 2 is 2.00 bits per heavy atom. The molecule has 1 aromatic carbocycles. The van der Waals surface area contributed by atoms with Gasteiger partial charge in [0.25, 0.3) is 5.91 Å². The van der Waals surface area contributed by atoms with Gasteiger partial charge in [-0.05, 0) is 45.2 Å². The smallest absolute Gasteiger partial charge is 0.330 e. The number of carbonyl (C=O) groups is 3. The van der Waals surface area contributed by atoms with Crippen LogP contribution in [0.2, 0.25) is 0 Å². The van der Waals surface area contributed by atoms with E-state index in [-0.39, 0.29) is 16.7 Å². The number of thioether (sulfide) groups is 1. The number of nitrogens with zero attached hydrogens (tertiary/aromatic N) is 1. The van der Waals surface area contributed by atoms with E-state index in [1.54, 1.807) is 23.6 Å². The zero-order valence-corrected chi connectivity index (χ0v) is 16.3. The average Bonchev–Trinajstić information content (AvgIpc) is 3.07. The fourth-order valence-corrected chi connectivity index (χ4v) is 4.95. The van der Waals surface area contributed by atoms with Crippen molar-refractivity contribution in [2.45, 2.75) is 57.6 Å². The molecule has 6 nitrogen and oxygen atoms in total. The summed E-state index contributed by atoms with van der Waals surface area (Å²) in [4.78, 5) is 38.5. The summed E-state index contributed by atoms with van der Waals surface area (Å²) in [6, 6.07) is 5.13. The Labute approximate surface area is 157 Å². The van der Waals surface area contributed by atoms with Crippen molar-refractivity contribution in [1.29, 1.82) is 0 Å². The number of carbonyl (C=O) groups excluding carboxylic acids is 3. The van der Waals surface area contributed by atoms with Crippen LogP contribution in [-0.2, 0) is 19.1 Å². The highest BCUT2D eigenvalue weighted by molar-refractivity contribution is 8.01. The van der Waals surface area contributed by atoms with Crippen molar-refractivity contribution in [3.05, 3.63) is 29.3 Å². The minimum absolute atomic E-state index is 0.0212. The van der Waals surface area contributed by atoms with Gasteiger partial charge in [0.15, 0.2) is 6.10 Å². The SMILES string of the molecule is Cc1cccc(C)c1NC(=O)[C@@H](C)OC(=O)[C@@H]1CS[C@@]2(C)CCC(=O)N12. The molecule has 0 aliphatic carbocycles. The second-order valence-corrected chi connectivity index (χ2v) is 8.60. The highest BCUT2D eigenvalue weighted by Crippen LogP contribution is 2.47. The van der Waals surface area contributed by atoms with Crippen molar-refractivity contribution in [2.24, 2.45) is 0 Å². The van der Waals surface area contributed by atoms with Gasteiger partial charge in [-0.15, -0.1) is 11.8 Å². The largest absolute Gasteiger partial charge is 0.451 e. The predicted molar refractivity (Wildman–Crippen MR) is 101 cm³/mol. The summed E-state index contributed by atoms with van der Waals surface area (Å²) >= 11 is 1.60. The van der Waals surface area contributed by atoms with Crippen LogP contribution in [0.3, 0.4) is 0 Å². The molecule has 1 aromatic rings. The van der Waals surface area contributed by atoms with Crippen LogP contribution in [0.15, 0.2) is 18.2 Å². The van der Waals surface area contributed by atoms with Crippen LogP contribution in [0.25, 0.3) is 0 Å². The third-order valence-corrected chi connectivity index (χ3v) is 6.61. The quantitative estimate of drug-likeness (QED) is 0.818. The number of aryl methyl sites for hydroxylation is 2. The van der Waals surface area contributed by atoms with Crippen molar-refractivity contribution < 1.29 is 19.1 Å². The maximum atomic E-state index is 12.6. The molecular formula is C19H24N2O4S.